The Kier molecular flexibility index (Phi) is 6.90. The fraction of sp³-hybridized carbons (Fsp3) is 0.417. The fourth-order valence-electron chi connectivity index (χ4n) is 4.28. The number of pyridine rings is 1. The molecule has 168 valence electrons. The molecule has 7 nitrogen and oxygen atoms in total. The van der Waals surface area contributed by atoms with Crippen molar-refractivity contribution in [2.45, 2.75) is 25.7 Å². The van der Waals surface area contributed by atoms with Crippen molar-refractivity contribution in [2.75, 3.05) is 31.5 Å². The number of carbonyl (C=O) groups excluding carboxylic acids is 3. The van der Waals surface area contributed by atoms with Gasteiger partial charge in [-0.2, -0.15) is 0 Å². The third kappa shape index (κ3) is 5.19. The Morgan fingerprint density at radius 2 is 1.56 bits per heavy atom. The third-order valence-corrected chi connectivity index (χ3v) is 6.25. The number of piperidine rings is 2. The van der Waals surface area contributed by atoms with E-state index in [0.717, 1.165) is 25.9 Å². The number of aromatic nitrogens is 1. The van der Waals surface area contributed by atoms with Gasteiger partial charge >= 0.3 is 0 Å². The van der Waals surface area contributed by atoms with Gasteiger partial charge in [0.2, 0.25) is 5.91 Å². The number of rotatable bonds is 5. The van der Waals surface area contributed by atoms with Crippen molar-refractivity contribution in [3.63, 3.8) is 0 Å². The van der Waals surface area contributed by atoms with Crippen LogP contribution in [0.2, 0.25) is 0 Å². The summed E-state index contributed by atoms with van der Waals surface area (Å²) in [5, 5.41) is 6.06. The van der Waals surface area contributed by atoms with Crippen LogP contribution < -0.4 is 10.6 Å². The van der Waals surface area contributed by atoms with Gasteiger partial charge in [-0.1, -0.05) is 0 Å². The molecule has 2 aromatic rings. The molecule has 2 amide bonds. The summed E-state index contributed by atoms with van der Waals surface area (Å²) >= 11 is 0. The topological polar surface area (TPSA) is 91.4 Å². The number of carbonyl (C=O) groups is 3. The van der Waals surface area contributed by atoms with Gasteiger partial charge in [0.15, 0.2) is 5.78 Å². The van der Waals surface area contributed by atoms with Crippen LogP contribution in [0.3, 0.4) is 0 Å². The SMILES string of the molecule is O=C(Nc1ccc(C(=O)N2CCC(C(=O)c3ccc(F)cc3)CC2)cn1)C1CCNCC1. The molecule has 1 aromatic heterocycles. The number of Topliss-reactive ketones (excluding diaryl/α,β-unsaturated/α-hetero) is 1. The van der Waals surface area contributed by atoms with Gasteiger partial charge in [-0.15, -0.1) is 0 Å². The second-order valence-electron chi connectivity index (χ2n) is 8.38. The van der Waals surface area contributed by atoms with E-state index in [1.807, 2.05) is 0 Å². The summed E-state index contributed by atoms with van der Waals surface area (Å²) in [6.07, 6.45) is 4.24. The summed E-state index contributed by atoms with van der Waals surface area (Å²) in [6.45, 7) is 2.63. The summed E-state index contributed by atoms with van der Waals surface area (Å²) < 4.78 is 13.1. The first-order valence-corrected chi connectivity index (χ1v) is 11.1. The maximum atomic E-state index is 13.1. The molecule has 8 heteroatoms. The largest absolute Gasteiger partial charge is 0.339 e. The highest BCUT2D eigenvalue weighted by Crippen LogP contribution is 2.23. The number of nitrogens with zero attached hydrogens (tertiary/aromatic N) is 2. The van der Waals surface area contributed by atoms with Crippen LogP contribution in [0.5, 0.6) is 0 Å². The highest BCUT2D eigenvalue weighted by molar-refractivity contribution is 5.98. The second kappa shape index (κ2) is 9.99. The standard InChI is InChI=1S/C24H27FN4O3/c25-20-4-1-16(2-5-20)22(30)17-9-13-29(14-10-17)24(32)19-3-6-21(27-15-19)28-23(31)18-7-11-26-12-8-18/h1-6,15,17-18,26H,7-14H2,(H,27,28,31). The van der Waals surface area contributed by atoms with Crippen LogP contribution in [0.4, 0.5) is 10.2 Å². The molecule has 0 spiro atoms. The minimum absolute atomic E-state index is 0.00685. The normalized spacial score (nSPS) is 17.7. The van der Waals surface area contributed by atoms with Crippen molar-refractivity contribution in [2.24, 2.45) is 11.8 Å². The van der Waals surface area contributed by atoms with Crippen molar-refractivity contribution in [1.82, 2.24) is 15.2 Å². The molecule has 0 radical (unpaired) electrons. The zero-order valence-electron chi connectivity index (χ0n) is 17.9. The van der Waals surface area contributed by atoms with E-state index >= 15 is 0 Å². The molecule has 2 fully saturated rings. The van der Waals surface area contributed by atoms with Crippen LogP contribution in [0, 0.1) is 17.7 Å². The van der Waals surface area contributed by atoms with E-state index < -0.39 is 0 Å². The molecular weight excluding hydrogens is 411 g/mol. The molecule has 2 N–H and O–H groups in total. The number of halogens is 1. The molecule has 0 saturated carbocycles. The van der Waals surface area contributed by atoms with Crippen LogP contribution in [-0.2, 0) is 4.79 Å². The summed E-state index contributed by atoms with van der Waals surface area (Å²) in [5.74, 6) is -0.297. The van der Waals surface area contributed by atoms with E-state index in [9.17, 15) is 18.8 Å². The Morgan fingerprint density at radius 1 is 0.906 bits per heavy atom. The molecule has 0 aliphatic carbocycles. The van der Waals surface area contributed by atoms with E-state index in [4.69, 9.17) is 0 Å². The number of anilines is 1. The van der Waals surface area contributed by atoms with E-state index in [0.29, 0.717) is 42.9 Å². The Morgan fingerprint density at radius 3 is 2.19 bits per heavy atom. The number of likely N-dealkylation sites (tertiary alicyclic amines) is 1. The summed E-state index contributed by atoms with van der Waals surface area (Å²) in [6, 6.07) is 8.91. The lowest BCUT2D eigenvalue weighted by molar-refractivity contribution is -0.120. The number of hydrogen-bond acceptors (Lipinski definition) is 5. The van der Waals surface area contributed by atoms with Gasteiger partial charge in [0, 0.05) is 36.7 Å². The average Bonchev–Trinajstić information content (AvgIpc) is 2.85. The Labute approximate surface area is 186 Å². The van der Waals surface area contributed by atoms with Gasteiger partial charge in [-0.25, -0.2) is 9.37 Å². The van der Waals surface area contributed by atoms with E-state index in [1.165, 1.54) is 30.5 Å². The van der Waals surface area contributed by atoms with Gasteiger partial charge in [0.1, 0.15) is 11.6 Å². The van der Waals surface area contributed by atoms with Crippen molar-refractivity contribution in [3.8, 4) is 0 Å². The molecule has 1 aromatic carbocycles. The number of ketones is 1. The minimum atomic E-state index is -0.368. The quantitative estimate of drug-likeness (QED) is 0.701. The highest BCUT2D eigenvalue weighted by atomic mass is 19.1. The van der Waals surface area contributed by atoms with Crippen molar-refractivity contribution >= 4 is 23.4 Å². The van der Waals surface area contributed by atoms with Crippen molar-refractivity contribution < 1.29 is 18.8 Å². The second-order valence-corrected chi connectivity index (χ2v) is 8.38. The van der Waals surface area contributed by atoms with Gasteiger partial charge < -0.3 is 15.5 Å². The van der Waals surface area contributed by atoms with E-state index in [-0.39, 0.29) is 35.3 Å². The molecule has 0 bridgehead atoms. The Hall–Kier alpha value is -3.13. The lowest BCUT2D eigenvalue weighted by Gasteiger charge is -2.31. The summed E-state index contributed by atoms with van der Waals surface area (Å²) in [5.41, 5.74) is 0.954. The number of hydrogen-bond donors (Lipinski definition) is 2. The molecule has 32 heavy (non-hydrogen) atoms. The Bertz CT molecular complexity index is 964. The maximum Gasteiger partial charge on any atom is 0.255 e. The van der Waals surface area contributed by atoms with Gasteiger partial charge in [-0.3, -0.25) is 14.4 Å². The smallest absolute Gasteiger partial charge is 0.255 e. The molecule has 4 rings (SSSR count). The summed E-state index contributed by atoms with van der Waals surface area (Å²) in [4.78, 5) is 43.8. The fourth-order valence-corrected chi connectivity index (χ4v) is 4.28. The number of amides is 2. The minimum Gasteiger partial charge on any atom is -0.339 e. The first-order valence-electron chi connectivity index (χ1n) is 11.1. The maximum absolute atomic E-state index is 13.1. The van der Waals surface area contributed by atoms with Crippen LogP contribution in [-0.4, -0.2) is 53.7 Å². The number of nitrogens with one attached hydrogen (secondary N) is 2. The lowest BCUT2D eigenvalue weighted by Crippen LogP contribution is -2.40. The van der Waals surface area contributed by atoms with Gasteiger partial charge in [0.05, 0.1) is 5.56 Å². The molecule has 2 aliphatic heterocycles. The Balaban J connectivity index is 1.29. The zero-order chi connectivity index (χ0) is 22.5. The molecule has 2 aliphatic rings. The first-order chi connectivity index (χ1) is 15.5. The van der Waals surface area contributed by atoms with Crippen molar-refractivity contribution in [1.29, 1.82) is 0 Å². The predicted molar refractivity (Wildman–Crippen MR) is 118 cm³/mol. The molecule has 0 atom stereocenters. The average molecular weight is 439 g/mol. The van der Waals surface area contributed by atoms with Crippen LogP contribution in [0.1, 0.15) is 46.4 Å². The van der Waals surface area contributed by atoms with Crippen molar-refractivity contribution in [3.05, 3.63) is 59.5 Å². The van der Waals surface area contributed by atoms with E-state index in [2.05, 4.69) is 15.6 Å². The number of benzene rings is 1. The first kappa shape index (κ1) is 22.1. The monoisotopic (exact) mass is 438 g/mol. The molecule has 2 saturated heterocycles. The molecule has 3 heterocycles. The summed E-state index contributed by atoms with van der Waals surface area (Å²) in [7, 11) is 0. The zero-order valence-corrected chi connectivity index (χ0v) is 17.9. The van der Waals surface area contributed by atoms with Crippen LogP contribution >= 0.6 is 0 Å². The molecule has 0 unspecified atom stereocenters. The predicted octanol–water partition coefficient (Wildman–Crippen LogP) is 2.89. The van der Waals surface area contributed by atoms with Gasteiger partial charge in [0.25, 0.3) is 5.91 Å². The van der Waals surface area contributed by atoms with E-state index in [1.54, 1.807) is 17.0 Å². The third-order valence-electron chi connectivity index (χ3n) is 6.25. The van der Waals surface area contributed by atoms with Crippen LogP contribution in [0.25, 0.3) is 0 Å². The molecular formula is C24H27FN4O3. The lowest BCUT2D eigenvalue weighted by atomic mass is 9.88. The van der Waals surface area contributed by atoms with Crippen LogP contribution in [0.15, 0.2) is 42.6 Å². The highest BCUT2D eigenvalue weighted by Gasteiger charge is 2.28. The van der Waals surface area contributed by atoms with Gasteiger partial charge in [-0.05, 0) is 75.2 Å².